The van der Waals surface area contributed by atoms with Crippen molar-refractivity contribution in [1.29, 1.82) is 0 Å². The molecule has 4 heteroatoms. The van der Waals surface area contributed by atoms with Gasteiger partial charge in [-0.15, -0.1) is 0 Å². The van der Waals surface area contributed by atoms with Crippen LogP contribution in [0.15, 0.2) is 24.3 Å². The molecule has 0 aliphatic rings. The molecule has 0 saturated carbocycles. The number of hydrogen-bond donors (Lipinski definition) is 2. The molecule has 1 rings (SSSR count). The van der Waals surface area contributed by atoms with Gasteiger partial charge in [-0.2, -0.15) is 0 Å². The third-order valence-corrected chi connectivity index (χ3v) is 3.03. The van der Waals surface area contributed by atoms with Gasteiger partial charge in [-0.05, 0) is 24.1 Å². The first kappa shape index (κ1) is 15.7. The molecule has 0 aliphatic heterocycles. The SMILES string of the molecule is CC(C)c1ccc(CN(C)CC(O)CC(=O)O)cc1. The summed E-state index contributed by atoms with van der Waals surface area (Å²) in [5.41, 5.74) is 2.46. The Morgan fingerprint density at radius 2 is 1.84 bits per heavy atom. The molecular formula is C15H23NO3. The lowest BCUT2D eigenvalue weighted by Gasteiger charge is -2.20. The van der Waals surface area contributed by atoms with Gasteiger partial charge in [0.05, 0.1) is 12.5 Å². The fourth-order valence-electron chi connectivity index (χ4n) is 2.01. The van der Waals surface area contributed by atoms with E-state index in [4.69, 9.17) is 5.11 Å². The first-order valence-corrected chi connectivity index (χ1v) is 6.55. The van der Waals surface area contributed by atoms with E-state index in [-0.39, 0.29) is 6.42 Å². The lowest BCUT2D eigenvalue weighted by molar-refractivity contribution is -0.139. The van der Waals surface area contributed by atoms with Gasteiger partial charge in [0.2, 0.25) is 0 Å². The van der Waals surface area contributed by atoms with Crippen LogP contribution in [0.3, 0.4) is 0 Å². The summed E-state index contributed by atoms with van der Waals surface area (Å²) in [5, 5.41) is 18.2. The lowest BCUT2D eigenvalue weighted by atomic mass is 10.0. The summed E-state index contributed by atoms with van der Waals surface area (Å²) < 4.78 is 0. The van der Waals surface area contributed by atoms with Crippen molar-refractivity contribution >= 4 is 5.97 Å². The number of hydrogen-bond acceptors (Lipinski definition) is 3. The zero-order valence-electron chi connectivity index (χ0n) is 11.8. The fraction of sp³-hybridized carbons (Fsp3) is 0.533. The van der Waals surface area contributed by atoms with E-state index in [1.165, 1.54) is 5.56 Å². The second kappa shape index (κ2) is 7.26. The van der Waals surface area contributed by atoms with Crippen molar-refractivity contribution in [3.63, 3.8) is 0 Å². The van der Waals surface area contributed by atoms with Gasteiger partial charge in [0, 0.05) is 13.1 Å². The summed E-state index contributed by atoms with van der Waals surface area (Å²) in [6.45, 7) is 5.38. The molecule has 106 valence electrons. The van der Waals surface area contributed by atoms with Gasteiger partial charge in [0.15, 0.2) is 0 Å². The Bertz CT molecular complexity index is 400. The summed E-state index contributed by atoms with van der Waals surface area (Å²) in [4.78, 5) is 12.4. The molecule has 1 aromatic carbocycles. The molecule has 0 aromatic heterocycles. The Hall–Kier alpha value is -1.39. The molecule has 19 heavy (non-hydrogen) atoms. The number of aliphatic carboxylic acids is 1. The Labute approximate surface area is 114 Å². The van der Waals surface area contributed by atoms with Crippen LogP contribution in [0.1, 0.15) is 37.3 Å². The molecule has 0 fully saturated rings. The smallest absolute Gasteiger partial charge is 0.306 e. The highest BCUT2D eigenvalue weighted by Crippen LogP contribution is 2.15. The molecule has 0 heterocycles. The Kier molecular flexibility index (Phi) is 5.99. The molecule has 0 amide bonds. The molecule has 0 aliphatic carbocycles. The molecular weight excluding hydrogens is 242 g/mol. The summed E-state index contributed by atoms with van der Waals surface area (Å²) in [6, 6.07) is 8.38. The van der Waals surface area contributed by atoms with E-state index in [0.29, 0.717) is 19.0 Å². The highest BCUT2D eigenvalue weighted by Gasteiger charge is 2.12. The molecule has 1 aromatic rings. The second-order valence-corrected chi connectivity index (χ2v) is 5.34. The zero-order chi connectivity index (χ0) is 14.4. The summed E-state index contributed by atoms with van der Waals surface area (Å²) in [6.07, 6.45) is -1.03. The molecule has 1 unspecified atom stereocenters. The van der Waals surface area contributed by atoms with Crippen LogP contribution >= 0.6 is 0 Å². The van der Waals surface area contributed by atoms with Crippen LogP contribution in [0.5, 0.6) is 0 Å². The number of carboxylic acid groups (broad SMARTS) is 1. The molecule has 2 N–H and O–H groups in total. The zero-order valence-corrected chi connectivity index (χ0v) is 11.8. The Balaban J connectivity index is 2.47. The van der Waals surface area contributed by atoms with Crippen molar-refractivity contribution in [2.24, 2.45) is 0 Å². The number of nitrogens with zero attached hydrogens (tertiary/aromatic N) is 1. The van der Waals surface area contributed by atoms with E-state index in [0.717, 1.165) is 5.56 Å². The maximum absolute atomic E-state index is 10.5. The number of aliphatic hydroxyl groups is 1. The number of carbonyl (C=O) groups is 1. The van der Waals surface area contributed by atoms with Gasteiger partial charge >= 0.3 is 5.97 Å². The minimum absolute atomic E-state index is 0.212. The maximum atomic E-state index is 10.5. The lowest BCUT2D eigenvalue weighted by Crippen LogP contribution is -2.30. The number of aliphatic hydroxyl groups excluding tert-OH is 1. The molecule has 1 atom stereocenters. The Morgan fingerprint density at radius 1 is 1.26 bits per heavy atom. The minimum Gasteiger partial charge on any atom is -0.481 e. The average molecular weight is 265 g/mol. The molecule has 0 bridgehead atoms. The molecule has 4 nitrogen and oxygen atoms in total. The van der Waals surface area contributed by atoms with E-state index in [1.807, 2.05) is 11.9 Å². The second-order valence-electron chi connectivity index (χ2n) is 5.34. The van der Waals surface area contributed by atoms with E-state index < -0.39 is 12.1 Å². The normalized spacial score (nSPS) is 12.9. The first-order chi connectivity index (χ1) is 8.88. The third-order valence-electron chi connectivity index (χ3n) is 3.03. The van der Waals surface area contributed by atoms with E-state index >= 15 is 0 Å². The average Bonchev–Trinajstić information content (AvgIpc) is 2.27. The quantitative estimate of drug-likeness (QED) is 0.792. The van der Waals surface area contributed by atoms with E-state index in [1.54, 1.807) is 0 Å². The van der Waals surface area contributed by atoms with Gasteiger partial charge in [-0.1, -0.05) is 38.1 Å². The monoisotopic (exact) mass is 265 g/mol. The number of rotatable bonds is 7. The van der Waals surface area contributed by atoms with Crippen molar-refractivity contribution in [1.82, 2.24) is 4.90 Å². The topological polar surface area (TPSA) is 60.8 Å². The molecule has 0 saturated heterocycles. The summed E-state index contributed by atoms with van der Waals surface area (Å²) in [7, 11) is 1.88. The summed E-state index contributed by atoms with van der Waals surface area (Å²) in [5.74, 6) is -0.452. The predicted molar refractivity (Wildman–Crippen MR) is 75.1 cm³/mol. The largest absolute Gasteiger partial charge is 0.481 e. The number of benzene rings is 1. The van der Waals surface area contributed by atoms with Gasteiger partial charge in [0.1, 0.15) is 0 Å². The van der Waals surface area contributed by atoms with Gasteiger partial charge < -0.3 is 10.2 Å². The molecule has 0 spiro atoms. The Morgan fingerprint density at radius 3 is 2.32 bits per heavy atom. The fourth-order valence-corrected chi connectivity index (χ4v) is 2.01. The van der Waals surface area contributed by atoms with Crippen LogP contribution in [-0.4, -0.2) is 40.8 Å². The van der Waals surface area contributed by atoms with Crippen LogP contribution in [0.2, 0.25) is 0 Å². The molecule has 0 radical (unpaired) electrons. The minimum atomic E-state index is -0.970. The highest BCUT2D eigenvalue weighted by atomic mass is 16.4. The van der Waals surface area contributed by atoms with Gasteiger partial charge in [0.25, 0.3) is 0 Å². The van der Waals surface area contributed by atoms with E-state index in [2.05, 4.69) is 38.1 Å². The van der Waals surface area contributed by atoms with Crippen LogP contribution in [0.25, 0.3) is 0 Å². The maximum Gasteiger partial charge on any atom is 0.306 e. The predicted octanol–water partition coefficient (Wildman–Crippen LogP) is 2.08. The third kappa shape index (κ3) is 5.85. The van der Waals surface area contributed by atoms with E-state index in [9.17, 15) is 9.90 Å². The van der Waals surface area contributed by atoms with Crippen LogP contribution in [0, 0.1) is 0 Å². The van der Waals surface area contributed by atoms with Crippen molar-refractivity contribution < 1.29 is 15.0 Å². The van der Waals surface area contributed by atoms with Crippen LogP contribution < -0.4 is 0 Å². The van der Waals surface area contributed by atoms with Crippen molar-refractivity contribution in [2.45, 2.75) is 38.8 Å². The standard InChI is InChI=1S/C15H23NO3/c1-11(2)13-6-4-12(5-7-13)9-16(3)10-14(17)8-15(18)19/h4-7,11,14,17H,8-10H2,1-3H3,(H,18,19). The van der Waals surface area contributed by atoms with Gasteiger partial charge in [-0.25, -0.2) is 0 Å². The van der Waals surface area contributed by atoms with Crippen LogP contribution in [-0.2, 0) is 11.3 Å². The van der Waals surface area contributed by atoms with Crippen molar-refractivity contribution in [2.75, 3.05) is 13.6 Å². The first-order valence-electron chi connectivity index (χ1n) is 6.55. The summed E-state index contributed by atoms with van der Waals surface area (Å²) >= 11 is 0. The highest BCUT2D eigenvalue weighted by molar-refractivity contribution is 5.67. The number of likely N-dealkylation sites (N-methyl/N-ethyl adjacent to an activating group) is 1. The van der Waals surface area contributed by atoms with Crippen molar-refractivity contribution in [3.05, 3.63) is 35.4 Å². The number of carboxylic acids is 1. The van der Waals surface area contributed by atoms with Crippen LogP contribution in [0.4, 0.5) is 0 Å². The van der Waals surface area contributed by atoms with Gasteiger partial charge in [-0.3, -0.25) is 9.69 Å². The van der Waals surface area contributed by atoms with Crippen molar-refractivity contribution in [3.8, 4) is 0 Å².